The molecule has 1 aromatic heterocycles. The van der Waals surface area contributed by atoms with Crippen LogP contribution in [0.4, 0.5) is 4.39 Å². The largest absolute Gasteiger partial charge is 0.496 e. The van der Waals surface area contributed by atoms with Crippen LogP contribution in [0.5, 0.6) is 5.75 Å². The lowest BCUT2D eigenvalue weighted by molar-refractivity contribution is 0.103. The summed E-state index contributed by atoms with van der Waals surface area (Å²) in [6.07, 6.45) is 0. The predicted molar refractivity (Wildman–Crippen MR) is 70.7 cm³/mol. The lowest BCUT2D eigenvalue weighted by atomic mass is 10.0. The highest BCUT2D eigenvalue weighted by Gasteiger charge is 2.22. The van der Waals surface area contributed by atoms with Gasteiger partial charge in [-0.1, -0.05) is 29.3 Å². The summed E-state index contributed by atoms with van der Waals surface area (Å²) in [4.78, 5) is 12.2. The lowest BCUT2D eigenvalue weighted by Gasteiger charge is -2.07. The normalized spacial score (nSPS) is 10.4. The van der Waals surface area contributed by atoms with Crippen LogP contribution >= 0.6 is 34.5 Å². The number of ketones is 1. The molecule has 0 saturated heterocycles. The first-order valence-corrected chi connectivity index (χ1v) is 6.44. The van der Waals surface area contributed by atoms with Gasteiger partial charge < -0.3 is 4.74 Å². The van der Waals surface area contributed by atoms with Gasteiger partial charge in [0.25, 0.3) is 0 Å². The van der Waals surface area contributed by atoms with Crippen molar-refractivity contribution in [3.63, 3.8) is 0 Å². The molecule has 18 heavy (non-hydrogen) atoms. The van der Waals surface area contributed by atoms with E-state index in [9.17, 15) is 9.18 Å². The standard InChI is InChI=1S/C12H7Cl2FO2S/c1-17-8-4-2-3-7(15)10(8)11(16)6-5-9(13)18-12(6)14/h2-5H,1H3. The summed E-state index contributed by atoms with van der Waals surface area (Å²) >= 11 is 12.7. The molecular formula is C12H7Cl2FO2S. The van der Waals surface area contributed by atoms with Crippen molar-refractivity contribution in [2.45, 2.75) is 0 Å². The quantitative estimate of drug-likeness (QED) is 0.784. The fraction of sp³-hybridized carbons (Fsp3) is 0.0833. The fourth-order valence-corrected chi connectivity index (χ4v) is 2.98. The number of rotatable bonds is 3. The Morgan fingerprint density at radius 2 is 2.11 bits per heavy atom. The van der Waals surface area contributed by atoms with Crippen molar-refractivity contribution in [3.05, 3.63) is 49.9 Å². The molecule has 0 fully saturated rings. The molecule has 0 N–H and O–H groups in total. The molecule has 94 valence electrons. The second kappa shape index (κ2) is 5.26. The summed E-state index contributed by atoms with van der Waals surface area (Å²) in [7, 11) is 1.37. The number of carbonyl (C=O) groups is 1. The first-order valence-electron chi connectivity index (χ1n) is 4.86. The third-order valence-corrected chi connectivity index (χ3v) is 3.81. The third-order valence-electron chi connectivity index (χ3n) is 2.32. The van der Waals surface area contributed by atoms with Crippen LogP contribution in [-0.2, 0) is 0 Å². The fourth-order valence-electron chi connectivity index (χ4n) is 1.52. The maximum atomic E-state index is 13.7. The molecule has 0 saturated carbocycles. The molecule has 1 aromatic carbocycles. The smallest absolute Gasteiger partial charge is 0.202 e. The van der Waals surface area contributed by atoms with Crippen LogP contribution in [0.1, 0.15) is 15.9 Å². The highest BCUT2D eigenvalue weighted by Crippen LogP contribution is 2.34. The van der Waals surface area contributed by atoms with E-state index in [4.69, 9.17) is 27.9 Å². The third kappa shape index (κ3) is 2.36. The van der Waals surface area contributed by atoms with Crippen molar-refractivity contribution >= 4 is 40.3 Å². The van der Waals surface area contributed by atoms with Crippen molar-refractivity contribution in [2.24, 2.45) is 0 Å². The zero-order valence-electron chi connectivity index (χ0n) is 9.17. The molecule has 1 heterocycles. The molecular weight excluding hydrogens is 298 g/mol. The van der Waals surface area contributed by atoms with Crippen LogP contribution in [0.15, 0.2) is 24.3 Å². The molecule has 0 atom stereocenters. The van der Waals surface area contributed by atoms with Crippen LogP contribution in [0.3, 0.4) is 0 Å². The summed E-state index contributed by atoms with van der Waals surface area (Å²) in [5, 5.41) is 0. The van der Waals surface area contributed by atoms with E-state index < -0.39 is 11.6 Å². The van der Waals surface area contributed by atoms with Gasteiger partial charge in [0.1, 0.15) is 21.5 Å². The maximum absolute atomic E-state index is 13.7. The van der Waals surface area contributed by atoms with E-state index in [1.807, 2.05) is 0 Å². The van der Waals surface area contributed by atoms with E-state index in [1.165, 1.54) is 31.4 Å². The Balaban J connectivity index is 2.56. The molecule has 0 bridgehead atoms. The molecule has 0 aliphatic carbocycles. The topological polar surface area (TPSA) is 26.3 Å². The number of ether oxygens (including phenoxy) is 1. The Morgan fingerprint density at radius 1 is 1.39 bits per heavy atom. The van der Waals surface area contributed by atoms with Gasteiger partial charge in [0.2, 0.25) is 5.78 Å². The van der Waals surface area contributed by atoms with Crippen molar-refractivity contribution in [1.29, 1.82) is 0 Å². The van der Waals surface area contributed by atoms with Gasteiger partial charge in [0.05, 0.1) is 17.0 Å². The number of thiophene rings is 1. The van der Waals surface area contributed by atoms with E-state index in [0.29, 0.717) is 4.34 Å². The molecule has 6 heteroatoms. The molecule has 0 spiro atoms. The van der Waals surface area contributed by atoms with Crippen LogP contribution < -0.4 is 4.74 Å². The van der Waals surface area contributed by atoms with Gasteiger partial charge in [-0.25, -0.2) is 4.39 Å². The number of carbonyl (C=O) groups excluding carboxylic acids is 1. The zero-order chi connectivity index (χ0) is 13.3. The number of methoxy groups -OCH3 is 1. The van der Waals surface area contributed by atoms with Crippen LogP contribution in [0.2, 0.25) is 8.67 Å². The van der Waals surface area contributed by atoms with E-state index in [1.54, 1.807) is 0 Å². The minimum atomic E-state index is -0.655. The van der Waals surface area contributed by atoms with E-state index in [0.717, 1.165) is 11.3 Å². The van der Waals surface area contributed by atoms with Gasteiger partial charge >= 0.3 is 0 Å². The minimum Gasteiger partial charge on any atom is -0.496 e. The van der Waals surface area contributed by atoms with E-state index >= 15 is 0 Å². The SMILES string of the molecule is COc1cccc(F)c1C(=O)c1cc(Cl)sc1Cl. The molecule has 2 rings (SSSR count). The second-order valence-corrected chi connectivity index (χ2v) is 5.67. The molecule has 2 aromatic rings. The van der Waals surface area contributed by atoms with Crippen molar-refractivity contribution in [1.82, 2.24) is 0 Å². The summed E-state index contributed by atoms with van der Waals surface area (Å²) in [5.74, 6) is -1.03. The Hall–Kier alpha value is -1.10. The summed E-state index contributed by atoms with van der Waals surface area (Å²) < 4.78 is 19.3. The minimum absolute atomic E-state index is 0.142. The van der Waals surface area contributed by atoms with Gasteiger partial charge in [0, 0.05) is 0 Å². The summed E-state index contributed by atoms with van der Waals surface area (Å²) in [6, 6.07) is 5.59. The van der Waals surface area contributed by atoms with Gasteiger partial charge in [-0.3, -0.25) is 4.79 Å². The number of hydrogen-bond acceptors (Lipinski definition) is 3. The van der Waals surface area contributed by atoms with E-state index in [2.05, 4.69) is 0 Å². The Morgan fingerprint density at radius 3 is 2.67 bits per heavy atom. The van der Waals surface area contributed by atoms with Crippen molar-refractivity contribution < 1.29 is 13.9 Å². The molecule has 0 unspecified atom stereocenters. The lowest BCUT2D eigenvalue weighted by Crippen LogP contribution is -2.06. The summed E-state index contributed by atoms with van der Waals surface area (Å²) in [6.45, 7) is 0. The second-order valence-electron chi connectivity index (χ2n) is 3.38. The molecule has 0 radical (unpaired) electrons. The average Bonchev–Trinajstić information content (AvgIpc) is 2.67. The first-order chi connectivity index (χ1) is 8.54. The van der Waals surface area contributed by atoms with Gasteiger partial charge in [0.15, 0.2) is 0 Å². The average molecular weight is 305 g/mol. The predicted octanol–water partition coefficient (Wildman–Crippen LogP) is 4.43. The molecule has 0 amide bonds. The van der Waals surface area contributed by atoms with Crippen LogP contribution in [0, 0.1) is 5.82 Å². The van der Waals surface area contributed by atoms with Crippen LogP contribution in [-0.4, -0.2) is 12.9 Å². The first kappa shape index (κ1) is 13.3. The van der Waals surface area contributed by atoms with E-state index in [-0.39, 0.29) is 21.2 Å². The Bertz CT molecular complexity index is 610. The van der Waals surface area contributed by atoms with Crippen molar-refractivity contribution in [2.75, 3.05) is 7.11 Å². The highest BCUT2D eigenvalue weighted by atomic mass is 35.5. The number of hydrogen-bond donors (Lipinski definition) is 0. The maximum Gasteiger partial charge on any atom is 0.202 e. The van der Waals surface area contributed by atoms with Gasteiger partial charge in [-0.2, -0.15) is 0 Å². The molecule has 2 nitrogen and oxygen atoms in total. The molecule has 0 aliphatic heterocycles. The number of benzene rings is 1. The Labute approximate surface area is 117 Å². The van der Waals surface area contributed by atoms with Crippen LogP contribution in [0.25, 0.3) is 0 Å². The van der Waals surface area contributed by atoms with Gasteiger partial charge in [-0.15, -0.1) is 11.3 Å². The Kier molecular flexibility index (Phi) is 3.90. The molecule has 0 aliphatic rings. The summed E-state index contributed by atoms with van der Waals surface area (Å²) in [5.41, 5.74) is 0.0337. The highest BCUT2D eigenvalue weighted by molar-refractivity contribution is 7.20. The van der Waals surface area contributed by atoms with Gasteiger partial charge in [-0.05, 0) is 18.2 Å². The zero-order valence-corrected chi connectivity index (χ0v) is 11.5. The number of halogens is 3. The van der Waals surface area contributed by atoms with Crippen molar-refractivity contribution in [3.8, 4) is 5.75 Å². The monoisotopic (exact) mass is 304 g/mol.